The van der Waals surface area contributed by atoms with Crippen LogP contribution < -0.4 is 0 Å². The molecule has 1 aromatic heterocycles. The normalized spacial score (nSPS) is 10.1. The Labute approximate surface area is 120 Å². The van der Waals surface area contributed by atoms with Gasteiger partial charge in [0.15, 0.2) is 0 Å². The third-order valence-electron chi connectivity index (χ3n) is 2.91. The molecule has 1 amide bonds. The highest BCUT2D eigenvalue weighted by Crippen LogP contribution is 2.30. The predicted molar refractivity (Wildman–Crippen MR) is 74.8 cm³/mol. The maximum atomic E-state index is 12.3. The predicted octanol–water partition coefficient (Wildman–Crippen LogP) is 1.97. The molecule has 0 aliphatic heterocycles. The van der Waals surface area contributed by atoms with Crippen molar-refractivity contribution >= 4 is 11.6 Å². The molecular weight excluding hydrogens is 274 g/mol. The molecule has 1 heterocycles. The van der Waals surface area contributed by atoms with Crippen molar-refractivity contribution in [3.8, 4) is 5.75 Å². The molecule has 2 aromatic rings. The molecule has 0 aliphatic carbocycles. The Hall–Kier alpha value is -2.96. The van der Waals surface area contributed by atoms with E-state index in [0.29, 0.717) is 5.69 Å². The van der Waals surface area contributed by atoms with Crippen molar-refractivity contribution in [3.05, 3.63) is 64.0 Å². The van der Waals surface area contributed by atoms with E-state index in [4.69, 9.17) is 0 Å². The second-order valence-electron chi connectivity index (χ2n) is 4.41. The molecule has 1 aromatic carbocycles. The van der Waals surface area contributed by atoms with Gasteiger partial charge in [-0.1, -0.05) is 12.1 Å². The lowest BCUT2D eigenvalue weighted by molar-refractivity contribution is -0.385. The Morgan fingerprint density at radius 3 is 2.71 bits per heavy atom. The Bertz CT molecular complexity index is 673. The average molecular weight is 287 g/mol. The number of nitro benzene ring substituents is 1. The number of rotatable bonds is 4. The molecule has 0 aliphatic rings. The van der Waals surface area contributed by atoms with E-state index in [0.717, 1.165) is 6.07 Å². The molecule has 21 heavy (non-hydrogen) atoms. The maximum Gasteiger partial charge on any atom is 0.311 e. The number of aromatic hydroxyl groups is 1. The highest BCUT2D eigenvalue weighted by Gasteiger charge is 2.23. The molecule has 0 fully saturated rings. The van der Waals surface area contributed by atoms with Gasteiger partial charge in [-0.2, -0.15) is 0 Å². The zero-order valence-corrected chi connectivity index (χ0v) is 11.3. The van der Waals surface area contributed by atoms with Crippen molar-refractivity contribution < 1.29 is 14.8 Å². The lowest BCUT2D eigenvalue weighted by Crippen LogP contribution is -2.26. The number of carbonyl (C=O) groups is 1. The van der Waals surface area contributed by atoms with Crippen LogP contribution in [0.15, 0.2) is 42.6 Å². The molecule has 0 saturated carbocycles. The summed E-state index contributed by atoms with van der Waals surface area (Å²) in [5.74, 6) is -1.14. The third-order valence-corrected chi connectivity index (χ3v) is 2.91. The summed E-state index contributed by atoms with van der Waals surface area (Å²) in [6, 6.07) is 9.17. The van der Waals surface area contributed by atoms with Gasteiger partial charge in [0.2, 0.25) is 5.75 Å². The first-order valence-electron chi connectivity index (χ1n) is 6.12. The summed E-state index contributed by atoms with van der Waals surface area (Å²) < 4.78 is 0. The lowest BCUT2D eigenvalue weighted by atomic mass is 10.1. The van der Waals surface area contributed by atoms with E-state index in [2.05, 4.69) is 4.98 Å². The monoisotopic (exact) mass is 287 g/mol. The number of pyridine rings is 1. The highest BCUT2D eigenvalue weighted by atomic mass is 16.6. The molecule has 0 unspecified atom stereocenters. The molecule has 0 saturated heterocycles. The second-order valence-corrected chi connectivity index (χ2v) is 4.41. The SMILES string of the molecule is CN(Cc1ccccn1)C(=O)c1cccc([N+](=O)[O-])c1O. The van der Waals surface area contributed by atoms with Gasteiger partial charge in [-0.15, -0.1) is 0 Å². The molecule has 2 rings (SSSR count). The van der Waals surface area contributed by atoms with E-state index in [-0.39, 0.29) is 12.1 Å². The molecule has 1 N–H and O–H groups in total. The Morgan fingerprint density at radius 2 is 2.10 bits per heavy atom. The largest absolute Gasteiger partial charge is 0.502 e. The number of aromatic nitrogens is 1. The van der Waals surface area contributed by atoms with Crippen molar-refractivity contribution in [1.82, 2.24) is 9.88 Å². The van der Waals surface area contributed by atoms with Gasteiger partial charge in [0, 0.05) is 19.3 Å². The number of para-hydroxylation sites is 1. The van der Waals surface area contributed by atoms with Gasteiger partial charge < -0.3 is 10.0 Å². The standard InChI is InChI=1S/C14H13N3O4/c1-16(9-10-5-2-3-8-15-10)14(19)11-6-4-7-12(13(11)18)17(20)21/h2-8,18H,9H2,1H3. The van der Waals surface area contributed by atoms with Crippen LogP contribution in [0.5, 0.6) is 5.75 Å². The van der Waals surface area contributed by atoms with Crippen LogP contribution in [-0.2, 0) is 6.54 Å². The van der Waals surface area contributed by atoms with E-state index in [1.54, 1.807) is 24.4 Å². The van der Waals surface area contributed by atoms with E-state index in [1.807, 2.05) is 0 Å². The number of amides is 1. The van der Waals surface area contributed by atoms with Crippen LogP contribution in [0.4, 0.5) is 5.69 Å². The van der Waals surface area contributed by atoms with Crippen molar-refractivity contribution in [2.24, 2.45) is 0 Å². The summed E-state index contributed by atoms with van der Waals surface area (Å²) in [5, 5.41) is 20.6. The molecular formula is C14H13N3O4. The van der Waals surface area contributed by atoms with E-state index < -0.39 is 22.3 Å². The van der Waals surface area contributed by atoms with E-state index in [1.165, 1.54) is 24.1 Å². The number of phenols is 1. The summed E-state index contributed by atoms with van der Waals surface area (Å²) in [6.45, 7) is 0.238. The summed E-state index contributed by atoms with van der Waals surface area (Å²) in [6.07, 6.45) is 1.61. The first kappa shape index (κ1) is 14.4. The highest BCUT2D eigenvalue weighted by molar-refractivity contribution is 5.97. The van der Waals surface area contributed by atoms with Crippen LogP contribution in [0.25, 0.3) is 0 Å². The van der Waals surface area contributed by atoms with Crippen LogP contribution in [0, 0.1) is 10.1 Å². The van der Waals surface area contributed by atoms with Crippen molar-refractivity contribution in [1.29, 1.82) is 0 Å². The quantitative estimate of drug-likeness (QED) is 0.685. The molecule has 0 bridgehead atoms. The van der Waals surface area contributed by atoms with Gasteiger partial charge in [-0.25, -0.2) is 0 Å². The Balaban J connectivity index is 2.24. The van der Waals surface area contributed by atoms with Gasteiger partial charge in [0.25, 0.3) is 5.91 Å². The third kappa shape index (κ3) is 3.14. The number of nitro groups is 1. The van der Waals surface area contributed by atoms with Crippen molar-refractivity contribution in [2.45, 2.75) is 6.54 Å². The summed E-state index contributed by atoms with van der Waals surface area (Å²) in [7, 11) is 1.54. The smallest absolute Gasteiger partial charge is 0.311 e. The fraction of sp³-hybridized carbons (Fsp3) is 0.143. The molecule has 108 valence electrons. The van der Waals surface area contributed by atoms with Crippen LogP contribution in [0.2, 0.25) is 0 Å². The van der Waals surface area contributed by atoms with Gasteiger partial charge >= 0.3 is 5.69 Å². The summed E-state index contributed by atoms with van der Waals surface area (Å²) in [5.41, 5.74) is 0.0768. The zero-order valence-electron chi connectivity index (χ0n) is 11.3. The number of hydrogen-bond acceptors (Lipinski definition) is 5. The van der Waals surface area contributed by atoms with Crippen molar-refractivity contribution in [3.63, 3.8) is 0 Å². The molecule has 0 spiro atoms. The van der Waals surface area contributed by atoms with Gasteiger partial charge in [-0.05, 0) is 18.2 Å². The van der Waals surface area contributed by atoms with Crippen LogP contribution in [0.1, 0.15) is 16.1 Å². The number of carbonyl (C=O) groups excluding carboxylic acids is 1. The van der Waals surface area contributed by atoms with E-state index in [9.17, 15) is 20.0 Å². The first-order chi connectivity index (χ1) is 10.0. The minimum Gasteiger partial charge on any atom is -0.502 e. The van der Waals surface area contributed by atoms with Crippen LogP contribution in [0.3, 0.4) is 0 Å². The number of hydrogen-bond donors (Lipinski definition) is 1. The van der Waals surface area contributed by atoms with E-state index >= 15 is 0 Å². The fourth-order valence-electron chi connectivity index (χ4n) is 1.86. The summed E-state index contributed by atoms with van der Waals surface area (Å²) >= 11 is 0. The molecule has 0 atom stereocenters. The minimum atomic E-state index is -0.731. The number of nitrogens with zero attached hydrogens (tertiary/aromatic N) is 3. The summed E-state index contributed by atoms with van der Waals surface area (Å²) in [4.78, 5) is 27.7. The topological polar surface area (TPSA) is 96.6 Å². The fourth-order valence-corrected chi connectivity index (χ4v) is 1.86. The Morgan fingerprint density at radius 1 is 1.33 bits per heavy atom. The van der Waals surface area contributed by atoms with Gasteiger partial charge in [0.1, 0.15) is 0 Å². The molecule has 0 radical (unpaired) electrons. The zero-order chi connectivity index (χ0) is 15.4. The lowest BCUT2D eigenvalue weighted by Gasteiger charge is -2.17. The molecule has 7 nitrogen and oxygen atoms in total. The maximum absolute atomic E-state index is 12.3. The van der Waals surface area contributed by atoms with Crippen LogP contribution in [-0.4, -0.2) is 32.9 Å². The van der Waals surface area contributed by atoms with Gasteiger partial charge in [-0.3, -0.25) is 19.9 Å². The second kappa shape index (κ2) is 6.00. The van der Waals surface area contributed by atoms with Gasteiger partial charge in [0.05, 0.1) is 22.7 Å². The minimum absolute atomic E-state index is 0.109. The first-order valence-corrected chi connectivity index (χ1v) is 6.12. The number of benzene rings is 1. The molecule has 7 heteroatoms. The van der Waals surface area contributed by atoms with Crippen molar-refractivity contribution in [2.75, 3.05) is 7.05 Å². The Kier molecular flexibility index (Phi) is 4.13. The average Bonchev–Trinajstić information content (AvgIpc) is 2.47. The number of phenolic OH excluding ortho intramolecular Hbond substituents is 1. The van der Waals surface area contributed by atoms with Crippen LogP contribution >= 0.6 is 0 Å².